The van der Waals surface area contributed by atoms with E-state index in [1.807, 2.05) is 24.3 Å². The molecule has 0 aliphatic heterocycles. The van der Waals surface area contributed by atoms with Crippen LogP contribution in [0, 0.1) is 0 Å². The number of aromatic nitrogens is 2. The van der Waals surface area contributed by atoms with Gasteiger partial charge in [-0.05, 0) is 30.2 Å². The van der Waals surface area contributed by atoms with E-state index >= 15 is 0 Å². The van der Waals surface area contributed by atoms with Gasteiger partial charge in [0.2, 0.25) is 0 Å². The van der Waals surface area contributed by atoms with Crippen molar-refractivity contribution >= 4 is 29.2 Å². The number of nitrogens with two attached hydrogens (primary N) is 1. The second-order valence-corrected chi connectivity index (χ2v) is 5.69. The van der Waals surface area contributed by atoms with Gasteiger partial charge in [0.15, 0.2) is 0 Å². The lowest BCUT2D eigenvalue weighted by atomic mass is 10.1. The fourth-order valence-corrected chi connectivity index (χ4v) is 2.80. The predicted molar refractivity (Wildman–Crippen MR) is 76.1 cm³/mol. The van der Waals surface area contributed by atoms with Crippen molar-refractivity contribution in [2.24, 2.45) is 0 Å². The van der Waals surface area contributed by atoms with E-state index in [1.165, 1.54) is 6.33 Å². The standard InChI is InChI=1S/C13H14ClN3S/c1-8(2)11-12(15)16-7-17-13(11)18-10-5-3-9(14)4-6-10/h3-8H,1-2H3,(H2,15,16,17). The Hall–Kier alpha value is -1.26. The van der Waals surface area contributed by atoms with Gasteiger partial charge >= 0.3 is 0 Å². The molecular weight excluding hydrogens is 266 g/mol. The van der Waals surface area contributed by atoms with Crippen LogP contribution in [0.25, 0.3) is 0 Å². The molecule has 2 rings (SSSR count). The fourth-order valence-electron chi connectivity index (χ4n) is 1.63. The Morgan fingerprint density at radius 1 is 1.17 bits per heavy atom. The Morgan fingerprint density at radius 3 is 2.44 bits per heavy atom. The highest BCUT2D eigenvalue weighted by atomic mass is 35.5. The highest BCUT2D eigenvalue weighted by molar-refractivity contribution is 7.99. The van der Waals surface area contributed by atoms with Gasteiger partial charge in [-0.1, -0.05) is 37.2 Å². The molecule has 0 fully saturated rings. The van der Waals surface area contributed by atoms with Gasteiger partial charge in [0.25, 0.3) is 0 Å². The maximum Gasteiger partial charge on any atom is 0.131 e. The first-order chi connectivity index (χ1) is 8.58. The Morgan fingerprint density at radius 2 is 1.83 bits per heavy atom. The van der Waals surface area contributed by atoms with E-state index in [4.69, 9.17) is 17.3 Å². The van der Waals surface area contributed by atoms with Crippen molar-refractivity contribution in [2.75, 3.05) is 5.73 Å². The van der Waals surface area contributed by atoms with Crippen LogP contribution < -0.4 is 5.73 Å². The first kappa shape index (κ1) is 13.2. The lowest BCUT2D eigenvalue weighted by Gasteiger charge is -2.12. The Labute approximate surface area is 116 Å². The van der Waals surface area contributed by atoms with Crippen LogP contribution in [0.1, 0.15) is 25.3 Å². The summed E-state index contributed by atoms with van der Waals surface area (Å²) in [6.07, 6.45) is 1.50. The summed E-state index contributed by atoms with van der Waals surface area (Å²) in [6.45, 7) is 4.17. The number of nitrogen functional groups attached to an aromatic ring is 1. The van der Waals surface area contributed by atoms with Gasteiger partial charge in [0.1, 0.15) is 17.2 Å². The number of hydrogen-bond donors (Lipinski definition) is 1. The van der Waals surface area contributed by atoms with Crippen molar-refractivity contribution in [2.45, 2.75) is 29.7 Å². The quantitative estimate of drug-likeness (QED) is 0.863. The maximum absolute atomic E-state index is 5.91. The van der Waals surface area contributed by atoms with Gasteiger partial charge in [-0.2, -0.15) is 0 Å². The third-order valence-electron chi connectivity index (χ3n) is 2.48. The molecule has 5 heteroatoms. The summed E-state index contributed by atoms with van der Waals surface area (Å²) < 4.78 is 0. The van der Waals surface area contributed by atoms with Crippen LogP contribution in [0.4, 0.5) is 5.82 Å². The average molecular weight is 280 g/mol. The topological polar surface area (TPSA) is 51.8 Å². The molecule has 94 valence electrons. The number of rotatable bonds is 3. The third-order valence-corrected chi connectivity index (χ3v) is 3.76. The molecule has 0 aliphatic rings. The molecule has 0 unspecified atom stereocenters. The fraction of sp³-hybridized carbons (Fsp3) is 0.231. The summed E-state index contributed by atoms with van der Waals surface area (Å²) in [6, 6.07) is 7.66. The highest BCUT2D eigenvalue weighted by Crippen LogP contribution is 2.34. The minimum absolute atomic E-state index is 0.293. The highest BCUT2D eigenvalue weighted by Gasteiger charge is 2.13. The molecule has 0 atom stereocenters. The zero-order valence-corrected chi connectivity index (χ0v) is 11.8. The van der Waals surface area contributed by atoms with E-state index in [0.717, 1.165) is 20.5 Å². The molecule has 0 aliphatic carbocycles. The van der Waals surface area contributed by atoms with Crippen molar-refractivity contribution in [1.82, 2.24) is 9.97 Å². The third kappa shape index (κ3) is 2.94. The summed E-state index contributed by atoms with van der Waals surface area (Å²) in [4.78, 5) is 9.45. The van der Waals surface area contributed by atoms with Gasteiger partial charge in [-0.25, -0.2) is 9.97 Å². The van der Waals surface area contributed by atoms with Crippen LogP contribution >= 0.6 is 23.4 Å². The van der Waals surface area contributed by atoms with E-state index < -0.39 is 0 Å². The molecule has 0 amide bonds. The molecule has 18 heavy (non-hydrogen) atoms. The molecule has 2 aromatic rings. The summed E-state index contributed by atoms with van der Waals surface area (Å²) in [5, 5.41) is 1.63. The Bertz CT molecular complexity index is 540. The van der Waals surface area contributed by atoms with Crippen molar-refractivity contribution in [3.63, 3.8) is 0 Å². The zero-order valence-electron chi connectivity index (χ0n) is 10.2. The smallest absolute Gasteiger partial charge is 0.131 e. The Balaban J connectivity index is 2.34. The lowest BCUT2D eigenvalue weighted by Crippen LogP contribution is -2.03. The van der Waals surface area contributed by atoms with E-state index in [9.17, 15) is 0 Å². The van der Waals surface area contributed by atoms with Crippen molar-refractivity contribution in [3.05, 3.63) is 41.2 Å². The molecule has 3 nitrogen and oxygen atoms in total. The molecule has 1 aromatic carbocycles. The molecule has 1 aromatic heterocycles. The second-order valence-electron chi connectivity index (χ2n) is 4.19. The molecule has 0 bridgehead atoms. The number of anilines is 1. The van der Waals surface area contributed by atoms with Crippen molar-refractivity contribution in [3.8, 4) is 0 Å². The van der Waals surface area contributed by atoms with E-state index in [2.05, 4.69) is 23.8 Å². The van der Waals surface area contributed by atoms with Gasteiger partial charge in [0, 0.05) is 15.5 Å². The summed E-state index contributed by atoms with van der Waals surface area (Å²) in [7, 11) is 0. The summed E-state index contributed by atoms with van der Waals surface area (Å²) >= 11 is 7.44. The zero-order chi connectivity index (χ0) is 13.1. The number of nitrogens with zero attached hydrogens (tertiary/aromatic N) is 2. The summed E-state index contributed by atoms with van der Waals surface area (Å²) in [5.74, 6) is 0.845. The molecule has 2 N–H and O–H groups in total. The van der Waals surface area contributed by atoms with Crippen LogP contribution in [0.5, 0.6) is 0 Å². The number of halogens is 1. The second kappa shape index (κ2) is 5.59. The van der Waals surface area contributed by atoms with Gasteiger partial charge < -0.3 is 5.73 Å². The summed E-state index contributed by atoms with van der Waals surface area (Å²) in [5.41, 5.74) is 6.91. The minimum Gasteiger partial charge on any atom is -0.383 e. The lowest BCUT2D eigenvalue weighted by molar-refractivity contribution is 0.808. The van der Waals surface area contributed by atoms with Crippen molar-refractivity contribution < 1.29 is 0 Å². The van der Waals surface area contributed by atoms with Gasteiger partial charge in [-0.3, -0.25) is 0 Å². The first-order valence-electron chi connectivity index (χ1n) is 5.61. The van der Waals surface area contributed by atoms with Crippen LogP contribution in [0.15, 0.2) is 40.5 Å². The number of benzene rings is 1. The van der Waals surface area contributed by atoms with E-state index in [1.54, 1.807) is 11.8 Å². The largest absolute Gasteiger partial charge is 0.383 e. The van der Waals surface area contributed by atoms with E-state index in [-0.39, 0.29) is 0 Å². The van der Waals surface area contributed by atoms with E-state index in [0.29, 0.717) is 11.7 Å². The van der Waals surface area contributed by atoms with Crippen molar-refractivity contribution in [1.29, 1.82) is 0 Å². The number of hydrogen-bond acceptors (Lipinski definition) is 4. The molecule has 0 saturated heterocycles. The maximum atomic E-state index is 5.91. The van der Waals surface area contributed by atoms with Crippen LogP contribution in [-0.4, -0.2) is 9.97 Å². The molecule has 0 saturated carbocycles. The molecule has 0 radical (unpaired) electrons. The SMILES string of the molecule is CC(C)c1c(N)ncnc1Sc1ccc(Cl)cc1. The van der Waals surface area contributed by atoms with Gasteiger partial charge in [0.05, 0.1) is 0 Å². The van der Waals surface area contributed by atoms with Crippen LogP contribution in [-0.2, 0) is 0 Å². The van der Waals surface area contributed by atoms with Gasteiger partial charge in [-0.15, -0.1) is 0 Å². The minimum atomic E-state index is 0.293. The average Bonchev–Trinajstić information content (AvgIpc) is 2.32. The predicted octanol–water partition coefficient (Wildman–Crippen LogP) is 3.99. The van der Waals surface area contributed by atoms with Crippen LogP contribution in [0.3, 0.4) is 0 Å². The molecule has 0 spiro atoms. The Kier molecular flexibility index (Phi) is 4.09. The van der Waals surface area contributed by atoms with Crippen LogP contribution in [0.2, 0.25) is 5.02 Å². The molecule has 1 heterocycles. The normalized spacial score (nSPS) is 10.9. The first-order valence-corrected chi connectivity index (χ1v) is 6.81. The molecular formula is C13H14ClN3S. The monoisotopic (exact) mass is 279 g/mol.